The molecule has 0 heterocycles. The summed E-state index contributed by atoms with van der Waals surface area (Å²) in [7, 11) is 1.41. The molecule has 0 bridgehead atoms. The molecule has 0 spiro atoms. The summed E-state index contributed by atoms with van der Waals surface area (Å²) in [6.07, 6.45) is 2.19. The van der Waals surface area contributed by atoms with Crippen molar-refractivity contribution >= 4 is 11.9 Å². The van der Waals surface area contributed by atoms with Crippen molar-refractivity contribution in [2.45, 2.75) is 45.3 Å². The lowest BCUT2D eigenvalue weighted by atomic mass is 9.86. The first-order valence-electron chi connectivity index (χ1n) is 5.36. The maximum absolute atomic E-state index is 11.9. The molecule has 1 rings (SSSR count). The van der Waals surface area contributed by atoms with Crippen LogP contribution in [0.5, 0.6) is 0 Å². The molecule has 0 atom stereocenters. The Morgan fingerprint density at radius 3 is 2.12 bits per heavy atom. The van der Waals surface area contributed by atoms with Crippen molar-refractivity contribution in [3.63, 3.8) is 0 Å². The van der Waals surface area contributed by atoms with E-state index in [9.17, 15) is 9.59 Å². The molecule has 92 valence electrons. The maximum Gasteiger partial charge on any atom is 0.325 e. The minimum absolute atomic E-state index is 0.348. The Bertz CT molecular complexity index is 289. The standard InChI is InChI=1S/C11H18O5/c1-10(2,15-3)16-9(14)11(8(12)13)6-4-5-7-11/h4-7H2,1-3H3,(H,12,13). The average Bonchev–Trinajstić information content (AvgIpc) is 2.66. The number of ether oxygens (including phenoxy) is 2. The number of rotatable bonds is 4. The number of esters is 1. The van der Waals surface area contributed by atoms with Gasteiger partial charge in [-0.05, 0) is 12.8 Å². The zero-order valence-electron chi connectivity index (χ0n) is 9.91. The SMILES string of the molecule is COC(C)(C)OC(=O)C1(C(=O)O)CCCC1. The monoisotopic (exact) mass is 230 g/mol. The fraction of sp³-hybridized carbons (Fsp3) is 0.818. The topological polar surface area (TPSA) is 72.8 Å². The lowest BCUT2D eigenvalue weighted by molar-refractivity contribution is -0.217. The molecule has 0 unspecified atom stereocenters. The highest BCUT2D eigenvalue weighted by Gasteiger charge is 2.51. The molecule has 0 aliphatic heterocycles. The second-order valence-corrected chi connectivity index (χ2v) is 4.59. The van der Waals surface area contributed by atoms with E-state index in [-0.39, 0.29) is 0 Å². The molecule has 5 nitrogen and oxygen atoms in total. The van der Waals surface area contributed by atoms with E-state index < -0.39 is 23.1 Å². The molecule has 1 N–H and O–H groups in total. The minimum atomic E-state index is -1.37. The molecule has 0 saturated heterocycles. The van der Waals surface area contributed by atoms with Crippen molar-refractivity contribution in [1.29, 1.82) is 0 Å². The van der Waals surface area contributed by atoms with Gasteiger partial charge in [-0.25, -0.2) is 0 Å². The molecule has 0 aromatic carbocycles. The Labute approximate surface area is 94.7 Å². The van der Waals surface area contributed by atoms with Gasteiger partial charge < -0.3 is 14.6 Å². The second-order valence-electron chi connectivity index (χ2n) is 4.59. The number of hydrogen-bond acceptors (Lipinski definition) is 4. The largest absolute Gasteiger partial charge is 0.480 e. The third kappa shape index (κ3) is 2.35. The van der Waals surface area contributed by atoms with Crippen LogP contribution in [0.15, 0.2) is 0 Å². The number of carboxylic acids is 1. The van der Waals surface area contributed by atoms with Crippen molar-refractivity contribution in [2.24, 2.45) is 5.41 Å². The fourth-order valence-corrected chi connectivity index (χ4v) is 1.85. The van der Waals surface area contributed by atoms with Crippen LogP contribution in [0, 0.1) is 5.41 Å². The number of carbonyl (C=O) groups is 2. The van der Waals surface area contributed by atoms with Gasteiger partial charge in [0.05, 0.1) is 0 Å². The van der Waals surface area contributed by atoms with Gasteiger partial charge in [-0.3, -0.25) is 9.59 Å². The summed E-state index contributed by atoms with van der Waals surface area (Å²) in [6, 6.07) is 0. The summed E-state index contributed by atoms with van der Waals surface area (Å²) in [4.78, 5) is 23.1. The molecule has 1 saturated carbocycles. The first kappa shape index (κ1) is 13.0. The Morgan fingerprint density at radius 1 is 1.25 bits per heavy atom. The van der Waals surface area contributed by atoms with E-state index in [2.05, 4.69) is 0 Å². The third-order valence-corrected chi connectivity index (χ3v) is 3.09. The van der Waals surface area contributed by atoms with E-state index in [4.69, 9.17) is 14.6 Å². The summed E-state index contributed by atoms with van der Waals surface area (Å²) < 4.78 is 10.1. The Balaban J connectivity index is 2.81. The summed E-state index contributed by atoms with van der Waals surface area (Å²) in [5, 5.41) is 9.16. The van der Waals surface area contributed by atoms with Gasteiger partial charge in [0.25, 0.3) is 0 Å². The fourth-order valence-electron chi connectivity index (χ4n) is 1.85. The number of carboxylic acid groups (broad SMARTS) is 1. The molecule has 5 heteroatoms. The zero-order chi connectivity index (χ0) is 12.4. The van der Waals surface area contributed by atoms with Crippen LogP contribution in [0.1, 0.15) is 39.5 Å². The first-order chi connectivity index (χ1) is 7.34. The van der Waals surface area contributed by atoms with Crippen LogP contribution >= 0.6 is 0 Å². The van der Waals surface area contributed by atoms with Gasteiger partial charge >= 0.3 is 11.9 Å². The van der Waals surface area contributed by atoms with Crippen LogP contribution in [0.25, 0.3) is 0 Å². The van der Waals surface area contributed by atoms with Crippen molar-refractivity contribution in [3.8, 4) is 0 Å². The Morgan fingerprint density at radius 2 is 1.75 bits per heavy atom. The van der Waals surface area contributed by atoms with Gasteiger partial charge in [-0.1, -0.05) is 12.8 Å². The van der Waals surface area contributed by atoms with E-state index in [0.717, 1.165) is 12.8 Å². The van der Waals surface area contributed by atoms with Crippen LogP contribution in [0.2, 0.25) is 0 Å². The predicted molar refractivity (Wildman–Crippen MR) is 55.7 cm³/mol. The summed E-state index contributed by atoms with van der Waals surface area (Å²) in [5.41, 5.74) is -1.37. The highest BCUT2D eigenvalue weighted by atomic mass is 16.7. The predicted octanol–water partition coefficient (Wildman–Crippen LogP) is 1.56. The van der Waals surface area contributed by atoms with E-state index >= 15 is 0 Å². The first-order valence-corrected chi connectivity index (χ1v) is 5.36. The quantitative estimate of drug-likeness (QED) is 0.450. The molecule has 0 radical (unpaired) electrons. The third-order valence-electron chi connectivity index (χ3n) is 3.09. The summed E-state index contributed by atoms with van der Waals surface area (Å²) in [5.74, 6) is -2.87. The maximum atomic E-state index is 11.9. The Hall–Kier alpha value is -1.10. The van der Waals surface area contributed by atoms with E-state index in [0.29, 0.717) is 12.8 Å². The van der Waals surface area contributed by atoms with Gasteiger partial charge in [0.15, 0.2) is 5.41 Å². The van der Waals surface area contributed by atoms with E-state index in [1.54, 1.807) is 13.8 Å². The van der Waals surface area contributed by atoms with Crippen LogP contribution in [0.3, 0.4) is 0 Å². The lowest BCUT2D eigenvalue weighted by Gasteiger charge is -2.29. The van der Waals surface area contributed by atoms with Gasteiger partial charge in [-0.2, -0.15) is 0 Å². The van der Waals surface area contributed by atoms with Gasteiger partial charge in [0.2, 0.25) is 5.79 Å². The number of hydrogen-bond donors (Lipinski definition) is 1. The summed E-state index contributed by atoms with van der Waals surface area (Å²) >= 11 is 0. The molecule has 0 aromatic rings. The number of methoxy groups -OCH3 is 1. The van der Waals surface area contributed by atoms with Crippen molar-refractivity contribution in [2.75, 3.05) is 7.11 Å². The minimum Gasteiger partial charge on any atom is -0.480 e. The highest BCUT2D eigenvalue weighted by molar-refractivity contribution is 5.99. The van der Waals surface area contributed by atoms with Crippen molar-refractivity contribution < 1.29 is 24.2 Å². The van der Waals surface area contributed by atoms with Crippen LogP contribution < -0.4 is 0 Å². The van der Waals surface area contributed by atoms with Gasteiger partial charge in [0.1, 0.15) is 0 Å². The van der Waals surface area contributed by atoms with Crippen LogP contribution in [-0.2, 0) is 19.1 Å². The normalized spacial score (nSPS) is 19.4. The van der Waals surface area contributed by atoms with Crippen molar-refractivity contribution in [3.05, 3.63) is 0 Å². The molecular formula is C11H18O5. The molecule has 0 aromatic heterocycles. The molecule has 1 aliphatic carbocycles. The second kappa shape index (κ2) is 4.41. The van der Waals surface area contributed by atoms with E-state index in [1.165, 1.54) is 7.11 Å². The van der Waals surface area contributed by atoms with E-state index in [1.807, 2.05) is 0 Å². The molecule has 1 aliphatic rings. The van der Waals surface area contributed by atoms with Gasteiger partial charge in [-0.15, -0.1) is 0 Å². The van der Waals surface area contributed by atoms with Crippen LogP contribution in [-0.4, -0.2) is 29.9 Å². The van der Waals surface area contributed by atoms with Crippen molar-refractivity contribution in [1.82, 2.24) is 0 Å². The number of aliphatic carboxylic acids is 1. The Kier molecular flexibility index (Phi) is 3.57. The van der Waals surface area contributed by atoms with Gasteiger partial charge in [0, 0.05) is 21.0 Å². The molecule has 16 heavy (non-hydrogen) atoms. The zero-order valence-corrected chi connectivity index (χ0v) is 9.91. The molecule has 1 fully saturated rings. The smallest absolute Gasteiger partial charge is 0.325 e. The highest BCUT2D eigenvalue weighted by Crippen LogP contribution is 2.40. The van der Waals surface area contributed by atoms with Crippen LogP contribution in [0.4, 0.5) is 0 Å². The average molecular weight is 230 g/mol. The molecule has 0 amide bonds. The summed E-state index contributed by atoms with van der Waals surface area (Å²) in [6.45, 7) is 3.16. The lowest BCUT2D eigenvalue weighted by Crippen LogP contribution is -2.43. The number of carbonyl (C=O) groups excluding carboxylic acids is 1. The molecular weight excluding hydrogens is 212 g/mol.